The first-order valence-corrected chi connectivity index (χ1v) is 6.33. The van der Waals surface area contributed by atoms with E-state index in [0.29, 0.717) is 5.56 Å². The minimum absolute atomic E-state index is 0. The van der Waals surface area contributed by atoms with Gasteiger partial charge in [0.05, 0.1) is 19.8 Å². The second-order valence-electron chi connectivity index (χ2n) is 4.18. The Bertz CT molecular complexity index is 526. The number of halogens is 2. The monoisotopic (exact) mass is 335 g/mol. The van der Waals surface area contributed by atoms with Crippen molar-refractivity contribution in [3.63, 3.8) is 0 Å². The normalized spacial score (nSPS) is 12.6. The zero-order valence-electron chi connectivity index (χ0n) is 12.5. The highest BCUT2D eigenvalue weighted by molar-refractivity contribution is 5.85. The molecule has 0 spiro atoms. The zero-order chi connectivity index (χ0) is 16.0. The van der Waals surface area contributed by atoms with Gasteiger partial charge >= 0.3 is 11.9 Å². The van der Waals surface area contributed by atoms with Crippen molar-refractivity contribution in [3.05, 3.63) is 23.8 Å². The molecule has 0 aliphatic carbocycles. The van der Waals surface area contributed by atoms with E-state index in [-0.39, 0.29) is 30.5 Å². The van der Waals surface area contributed by atoms with Crippen LogP contribution < -0.4 is 15.2 Å². The van der Waals surface area contributed by atoms with Crippen LogP contribution in [0.2, 0.25) is 0 Å². The highest BCUT2D eigenvalue weighted by Gasteiger charge is 2.28. The molecule has 0 heterocycles. The molecule has 6 nitrogen and oxygen atoms in total. The number of hydrogen-bond acceptors (Lipinski definition) is 6. The van der Waals surface area contributed by atoms with Crippen LogP contribution in [0.15, 0.2) is 18.2 Å². The lowest BCUT2D eigenvalue weighted by Crippen LogP contribution is -2.31. The minimum Gasteiger partial charge on any atom is -0.493 e. The molecule has 0 aromatic heterocycles. The molecule has 1 rings (SSSR count). The number of nitrogens with two attached hydrogens (primary N) is 1. The number of rotatable bonds is 6. The molecular weight excluding hydrogens is 317 g/mol. The summed E-state index contributed by atoms with van der Waals surface area (Å²) < 4.78 is 28.4. The van der Waals surface area contributed by atoms with Crippen molar-refractivity contribution in [2.45, 2.75) is 26.1 Å². The van der Waals surface area contributed by atoms with Crippen molar-refractivity contribution >= 4 is 24.3 Å². The fourth-order valence-corrected chi connectivity index (χ4v) is 1.67. The fraction of sp³-hybridized carbons (Fsp3) is 0.429. The maximum absolute atomic E-state index is 13.9. The fourth-order valence-electron chi connectivity index (χ4n) is 1.67. The Morgan fingerprint density at radius 3 is 2.45 bits per heavy atom. The summed E-state index contributed by atoms with van der Waals surface area (Å²) >= 11 is 0. The second kappa shape index (κ2) is 9.22. The number of hydrogen-bond donors (Lipinski definition) is 1. The number of ether oxygens (including phenoxy) is 3. The van der Waals surface area contributed by atoms with Crippen molar-refractivity contribution < 1.29 is 28.2 Å². The zero-order valence-corrected chi connectivity index (χ0v) is 13.3. The maximum Gasteiger partial charge on any atom is 0.342 e. The van der Waals surface area contributed by atoms with Gasteiger partial charge in [-0.15, -0.1) is 12.4 Å². The van der Waals surface area contributed by atoms with Crippen LogP contribution in [0.1, 0.15) is 25.5 Å². The van der Waals surface area contributed by atoms with Crippen molar-refractivity contribution in [3.8, 4) is 11.5 Å². The topological polar surface area (TPSA) is 87.9 Å². The molecule has 8 heteroatoms. The first-order valence-electron chi connectivity index (χ1n) is 6.33. The Balaban J connectivity index is 0.00000441. The highest BCUT2D eigenvalue weighted by atomic mass is 35.5. The third kappa shape index (κ3) is 5.16. The van der Waals surface area contributed by atoms with Crippen LogP contribution in [0, 0.1) is 0 Å². The van der Waals surface area contributed by atoms with Crippen molar-refractivity contribution in [2.75, 3.05) is 13.7 Å². The number of carbonyl (C=O) groups is 2. The third-order valence-corrected chi connectivity index (χ3v) is 2.65. The Hall–Kier alpha value is -1.86. The predicted octanol–water partition coefficient (Wildman–Crippen LogP) is 1.94. The average Bonchev–Trinajstić information content (AvgIpc) is 2.45. The molecule has 0 amide bonds. The van der Waals surface area contributed by atoms with Crippen LogP contribution in [0.5, 0.6) is 11.5 Å². The summed E-state index contributed by atoms with van der Waals surface area (Å²) in [6.45, 7) is 2.89. The number of carbonyl (C=O) groups excluding carboxylic acids is 2. The van der Waals surface area contributed by atoms with Gasteiger partial charge < -0.3 is 19.9 Å². The number of methoxy groups -OCH3 is 1. The lowest BCUT2D eigenvalue weighted by molar-refractivity contribution is -0.150. The molecule has 2 N–H and O–H groups in total. The second-order valence-corrected chi connectivity index (χ2v) is 4.18. The van der Waals surface area contributed by atoms with E-state index in [9.17, 15) is 14.0 Å². The van der Waals surface area contributed by atoms with E-state index < -0.39 is 24.2 Å². The molecule has 1 unspecified atom stereocenters. The molecule has 0 saturated heterocycles. The van der Waals surface area contributed by atoms with Crippen LogP contribution in [0.4, 0.5) is 4.39 Å². The molecular formula is C14H19ClFNO5. The molecule has 0 bridgehead atoms. The molecule has 2 atom stereocenters. The van der Waals surface area contributed by atoms with Crippen molar-refractivity contribution in [1.29, 1.82) is 0 Å². The van der Waals surface area contributed by atoms with E-state index in [1.165, 1.54) is 32.2 Å². The van der Waals surface area contributed by atoms with Crippen LogP contribution in [0.3, 0.4) is 0 Å². The van der Waals surface area contributed by atoms with Gasteiger partial charge in [-0.3, -0.25) is 4.79 Å². The standard InChI is InChI=1S/C14H18FNO5.ClH/c1-4-20-14(18)12(15)13(16)9-5-6-10(21-8(2)17)11(7-9)19-3;/h5-7,12-13H,4,16H2,1-3H3;1H/t12?,13-;/m0./s1. The van der Waals surface area contributed by atoms with E-state index in [0.717, 1.165) is 0 Å². The largest absolute Gasteiger partial charge is 0.493 e. The van der Waals surface area contributed by atoms with Gasteiger partial charge in [0.15, 0.2) is 11.5 Å². The van der Waals surface area contributed by atoms with E-state index in [1.807, 2.05) is 0 Å². The molecule has 1 aromatic rings. The highest BCUT2D eigenvalue weighted by Crippen LogP contribution is 2.31. The molecule has 1 aromatic carbocycles. The summed E-state index contributed by atoms with van der Waals surface area (Å²) in [5.74, 6) is -1.13. The first-order chi connectivity index (χ1) is 9.90. The van der Waals surface area contributed by atoms with Gasteiger partial charge in [0.1, 0.15) is 0 Å². The molecule has 0 aliphatic rings. The van der Waals surface area contributed by atoms with Crippen LogP contribution in [-0.4, -0.2) is 31.8 Å². The van der Waals surface area contributed by atoms with E-state index >= 15 is 0 Å². The Labute approximate surface area is 134 Å². The van der Waals surface area contributed by atoms with Crippen LogP contribution in [0.25, 0.3) is 0 Å². The van der Waals surface area contributed by atoms with Gasteiger partial charge in [0, 0.05) is 6.92 Å². The van der Waals surface area contributed by atoms with Crippen molar-refractivity contribution in [2.24, 2.45) is 5.73 Å². The van der Waals surface area contributed by atoms with Gasteiger partial charge in [-0.25, -0.2) is 9.18 Å². The smallest absolute Gasteiger partial charge is 0.342 e. The SMILES string of the molecule is CCOC(=O)C(F)[C@@H](N)c1ccc(OC(C)=O)c(OC)c1.Cl. The van der Waals surface area contributed by atoms with Gasteiger partial charge in [-0.2, -0.15) is 0 Å². The van der Waals surface area contributed by atoms with Gasteiger partial charge in [-0.1, -0.05) is 6.07 Å². The maximum atomic E-state index is 13.9. The Morgan fingerprint density at radius 1 is 1.32 bits per heavy atom. The molecule has 124 valence electrons. The summed E-state index contributed by atoms with van der Waals surface area (Å²) in [4.78, 5) is 22.3. The van der Waals surface area contributed by atoms with Gasteiger partial charge in [-0.05, 0) is 24.6 Å². The Morgan fingerprint density at radius 2 is 1.95 bits per heavy atom. The van der Waals surface area contributed by atoms with Crippen molar-refractivity contribution in [1.82, 2.24) is 0 Å². The number of esters is 2. The third-order valence-electron chi connectivity index (χ3n) is 2.65. The summed E-state index contributed by atoms with van der Waals surface area (Å²) in [6, 6.07) is 3.09. The number of benzene rings is 1. The quantitative estimate of drug-likeness (QED) is 0.631. The molecule has 0 fully saturated rings. The predicted molar refractivity (Wildman–Crippen MR) is 80.0 cm³/mol. The molecule has 0 radical (unpaired) electrons. The molecule has 0 aliphatic heterocycles. The summed E-state index contributed by atoms with van der Waals surface area (Å²) in [5, 5.41) is 0. The van der Waals surface area contributed by atoms with E-state index in [2.05, 4.69) is 4.74 Å². The van der Waals surface area contributed by atoms with E-state index in [4.69, 9.17) is 15.2 Å². The van der Waals surface area contributed by atoms with E-state index in [1.54, 1.807) is 6.92 Å². The summed E-state index contributed by atoms with van der Waals surface area (Å²) in [7, 11) is 1.37. The minimum atomic E-state index is -1.99. The Kier molecular flexibility index (Phi) is 8.44. The summed E-state index contributed by atoms with van der Waals surface area (Å²) in [6.07, 6.45) is -1.99. The first kappa shape index (κ1) is 20.1. The molecule has 22 heavy (non-hydrogen) atoms. The average molecular weight is 336 g/mol. The van der Waals surface area contributed by atoms with Gasteiger partial charge in [0.25, 0.3) is 0 Å². The molecule has 0 saturated carbocycles. The van der Waals surface area contributed by atoms with Crippen LogP contribution >= 0.6 is 12.4 Å². The van der Waals surface area contributed by atoms with Crippen LogP contribution in [-0.2, 0) is 14.3 Å². The van der Waals surface area contributed by atoms with Gasteiger partial charge in [0.2, 0.25) is 6.17 Å². The number of alkyl halides is 1. The summed E-state index contributed by atoms with van der Waals surface area (Å²) in [5.41, 5.74) is 6.03. The lowest BCUT2D eigenvalue weighted by atomic mass is 10.0. The lowest BCUT2D eigenvalue weighted by Gasteiger charge is -2.17.